The van der Waals surface area contributed by atoms with E-state index in [-0.39, 0.29) is 12.3 Å². The highest BCUT2D eigenvalue weighted by molar-refractivity contribution is 5.76. The van der Waals surface area contributed by atoms with Crippen LogP contribution in [0.4, 0.5) is 0 Å². The number of carbonyl (C=O) groups excluding carboxylic acids is 1. The van der Waals surface area contributed by atoms with E-state index in [1.165, 1.54) is 141 Å². The molecule has 4 heterocycles. The molecule has 0 saturated carbocycles. The van der Waals surface area contributed by atoms with Gasteiger partial charge in [0.05, 0.1) is 45.2 Å². The first-order chi connectivity index (χ1) is 42.6. The van der Waals surface area contributed by atoms with Gasteiger partial charge in [0.15, 0.2) is 25.2 Å². The van der Waals surface area contributed by atoms with Crippen LogP contribution < -0.4 is 5.32 Å². The summed E-state index contributed by atoms with van der Waals surface area (Å²) in [5.41, 5.74) is 0. The van der Waals surface area contributed by atoms with Crippen molar-refractivity contribution in [2.24, 2.45) is 0 Å². The molecule has 0 aliphatic carbocycles. The monoisotopic (exact) mass is 1270 g/mol. The molecule has 0 bridgehead atoms. The van der Waals surface area contributed by atoms with Gasteiger partial charge in [-0.05, 0) is 19.3 Å². The summed E-state index contributed by atoms with van der Waals surface area (Å²) in [6.07, 6.45) is 3.10. The molecular formula is C64H119NO23. The van der Waals surface area contributed by atoms with Crippen molar-refractivity contribution in [1.82, 2.24) is 5.32 Å². The van der Waals surface area contributed by atoms with E-state index in [1.54, 1.807) is 6.08 Å². The molecule has 0 spiro atoms. The second-order valence-electron chi connectivity index (χ2n) is 25.0. The first kappa shape index (κ1) is 78.8. The van der Waals surface area contributed by atoms with Gasteiger partial charge >= 0.3 is 0 Å². The molecular weight excluding hydrogens is 1150 g/mol. The summed E-state index contributed by atoms with van der Waals surface area (Å²) in [5, 5.41) is 154. The number of aliphatic hydroxyl groups is 14. The number of amides is 1. The Morgan fingerprint density at radius 1 is 0.398 bits per heavy atom. The van der Waals surface area contributed by atoms with Crippen molar-refractivity contribution in [2.45, 2.75) is 354 Å². The van der Waals surface area contributed by atoms with Crippen molar-refractivity contribution in [2.75, 3.05) is 33.0 Å². The van der Waals surface area contributed by atoms with Gasteiger partial charge in [0.25, 0.3) is 0 Å². The van der Waals surface area contributed by atoms with Crippen molar-refractivity contribution >= 4 is 5.91 Å². The molecule has 0 aromatic rings. The van der Waals surface area contributed by atoms with Crippen molar-refractivity contribution < 1.29 is 114 Å². The van der Waals surface area contributed by atoms with Crippen LogP contribution >= 0.6 is 0 Å². The molecule has 88 heavy (non-hydrogen) atoms. The Morgan fingerprint density at radius 3 is 1.15 bits per heavy atom. The fraction of sp³-hybridized carbons (Fsp3) is 0.953. The lowest BCUT2D eigenvalue weighted by Gasteiger charge is -2.49. The molecule has 0 radical (unpaired) electrons. The summed E-state index contributed by atoms with van der Waals surface area (Å²) >= 11 is 0. The fourth-order valence-electron chi connectivity index (χ4n) is 12.0. The van der Waals surface area contributed by atoms with Crippen LogP contribution in [-0.2, 0) is 42.7 Å². The minimum Gasteiger partial charge on any atom is -0.394 e. The summed E-state index contributed by atoms with van der Waals surface area (Å²) in [6.45, 7) is 0.531. The van der Waals surface area contributed by atoms with Crippen LogP contribution in [0.3, 0.4) is 0 Å². The quantitative estimate of drug-likeness (QED) is 0.0307. The zero-order chi connectivity index (χ0) is 64.2. The first-order valence-electron chi connectivity index (χ1n) is 34.0. The largest absolute Gasteiger partial charge is 0.394 e. The molecule has 22 atom stereocenters. The van der Waals surface area contributed by atoms with Crippen molar-refractivity contribution in [3.8, 4) is 0 Å². The van der Waals surface area contributed by atoms with Gasteiger partial charge in [-0.25, -0.2) is 0 Å². The van der Waals surface area contributed by atoms with Crippen LogP contribution in [0.2, 0.25) is 0 Å². The molecule has 8 unspecified atom stereocenters. The Bertz CT molecular complexity index is 1780. The maximum absolute atomic E-state index is 13.4. The number of allylic oxidation sites excluding steroid dienone is 1. The van der Waals surface area contributed by atoms with E-state index in [2.05, 4.69) is 19.2 Å². The Labute approximate surface area is 523 Å². The lowest BCUT2D eigenvalue weighted by molar-refractivity contribution is -0.390. The highest BCUT2D eigenvalue weighted by Crippen LogP contribution is 2.35. The van der Waals surface area contributed by atoms with Gasteiger partial charge in [0.2, 0.25) is 5.91 Å². The molecule has 4 fully saturated rings. The molecule has 15 N–H and O–H groups in total. The van der Waals surface area contributed by atoms with Gasteiger partial charge in [-0.2, -0.15) is 0 Å². The maximum Gasteiger partial charge on any atom is 0.220 e. The van der Waals surface area contributed by atoms with Gasteiger partial charge in [-0.15, -0.1) is 0 Å². The van der Waals surface area contributed by atoms with Gasteiger partial charge in [0.1, 0.15) is 97.7 Å². The topological polar surface area (TPSA) is 386 Å². The molecule has 4 saturated heterocycles. The minimum atomic E-state index is -2.09. The second kappa shape index (κ2) is 45.6. The molecule has 4 aliphatic heterocycles. The van der Waals surface area contributed by atoms with E-state index in [0.717, 1.165) is 44.9 Å². The highest BCUT2D eigenvalue weighted by atomic mass is 16.8. The lowest BCUT2D eigenvalue weighted by atomic mass is 9.95. The van der Waals surface area contributed by atoms with E-state index in [4.69, 9.17) is 37.9 Å². The number of rotatable bonds is 48. The standard InChI is InChI=1S/C64H119NO23/c1-3-5-7-9-11-13-15-17-18-19-20-21-22-24-26-28-30-32-34-36-48(71)65-42(43(70)35-33-31-29-27-25-23-16-14-12-10-8-6-4-2)41-81-61-55(78)53(76)58(47(40-69)85-61)86-63-56(79)60(51(74)45(38-67)83-63)88-64-57(80)59(50(73)46(39-68)84-64)87-62-54(77)52(75)49(72)44(37-66)82-62/h33,35,42-47,49-64,66-70,72-80H,3-32,34,36-41H2,1-2H3,(H,65,71)/b35-33+/t42-,43+,44?,45?,46?,47?,49-,50-,51-,52-,53+,54?,55?,56?,57?,58+,59-,60-,61+,62+,63-,64+/m0/s1. The Hall–Kier alpha value is -1.67. The van der Waals surface area contributed by atoms with Gasteiger partial charge in [-0.3, -0.25) is 4.79 Å². The second-order valence-corrected chi connectivity index (χ2v) is 25.0. The molecule has 24 heteroatoms. The van der Waals surface area contributed by atoms with Crippen LogP contribution in [-0.4, -0.2) is 245 Å². The van der Waals surface area contributed by atoms with E-state index >= 15 is 0 Å². The molecule has 1 amide bonds. The number of hydrogen-bond donors (Lipinski definition) is 15. The molecule has 4 aliphatic rings. The normalized spacial score (nSPS) is 33.7. The summed E-state index contributed by atoms with van der Waals surface area (Å²) in [7, 11) is 0. The minimum absolute atomic E-state index is 0.216. The van der Waals surface area contributed by atoms with Crippen LogP contribution in [0.1, 0.15) is 219 Å². The summed E-state index contributed by atoms with van der Waals surface area (Å²) in [6, 6.07) is -1.02. The molecule has 24 nitrogen and oxygen atoms in total. The third kappa shape index (κ3) is 27.0. The number of hydrogen-bond acceptors (Lipinski definition) is 23. The smallest absolute Gasteiger partial charge is 0.220 e. The molecule has 0 aromatic heterocycles. The number of aliphatic hydroxyl groups excluding tert-OH is 14. The van der Waals surface area contributed by atoms with Crippen LogP contribution in [0, 0.1) is 0 Å². The maximum atomic E-state index is 13.4. The van der Waals surface area contributed by atoms with Crippen molar-refractivity contribution in [1.29, 1.82) is 0 Å². The predicted molar refractivity (Wildman–Crippen MR) is 324 cm³/mol. The molecule has 0 aromatic carbocycles. The SMILES string of the molecule is CCCCCCCCCCCCC/C=C/[C@@H](O)[C@H](CO[C@@H]1OC(CO)[C@@H](O[C@@H]2OC(CO)[C@H](O)[C@H](O[C@H]3OC(CO)[C@H](O)[C@H](O[C@H]4OC(CO)[C@H](O)[C@H](O)C4O)C3O)C2O)[C@H](O)C1O)NC(=O)CCCCCCCCCCCCCCCCCCCCC. The number of ether oxygens (including phenoxy) is 8. The lowest BCUT2D eigenvalue weighted by Crippen LogP contribution is -2.67. The number of unbranched alkanes of at least 4 members (excludes halogenated alkanes) is 29. The predicted octanol–water partition coefficient (Wildman–Crippen LogP) is 3.20. The number of carbonyl (C=O) groups is 1. The first-order valence-corrected chi connectivity index (χ1v) is 34.0. The van der Waals surface area contributed by atoms with E-state index in [0.29, 0.717) is 12.8 Å². The molecule has 518 valence electrons. The van der Waals surface area contributed by atoms with Gasteiger partial charge < -0.3 is 115 Å². The average molecular weight is 1270 g/mol. The van der Waals surface area contributed by atoms with Gasteiger partial charge in [-0.1, -0.05) is 206 Å². The third-order valence-electron chi connectivity index (χ3n) is 17.7. The summed E-state index contributed by atoms with van der Waals surface area (Å²) in [5.74, 6) is -0.304. The van der Waals surface area contributed by atoms with Crippen LogP contribution in [0.25, 0.3) is 0 Å². The van der Waals surface area contributed by atoms with Crippen molar-refractivity contribution in [3.05, 3.63) is 12.2 Å². The zero-order valence-electron chi connectivity index (χ0n) is 53.0. The Balaban J connectivity index is 1.31. The Morgan fingerprint density at radius 2 is 0.739 bits per heavy atom. The Kier molecular flexibility index (Phi) is 40.8. The van der Waals surface area contributed by atoms with Gasteiger partial charge in [0, 0.05) is 6.42 Å². The molecule has 4 rings (SSSR count). The number of nitrogens with one attached hydrogen (secondary N) is 1. The summed E-state index contributed by atoms with van der Waals surface area (Å²) in [4.78, 5) is 13.4. The average Bonchev–Trinajstić information content (AvgIpc) is 1.49. The van der Waals surface area contributed by atoms with Crippen LogP contribution in [0.5, 0.6) is 0 Å². The highest BCUT2D eigenvalue weighted by Gasteiger charge is 2.55. The van der Waals surface area contributed by atoms with Crippen molar-refractivity contribution in [3.63, 3.8) is 0 Å². The third-order valence-corrected chi connectivity index (χ3v) is 17.7. The summed E-state index contributed by atoms with van der Waals surface area (Å²) < 4.78 is 45.9. The van der Waals surface area contributed by atoms with E-state index in [9.17, 15) is 76.3 Å². The zero-order valence-corrected chi connectivity index (χ0v) is 53.0. The van der Waals surface area contributed by atoms with Crippen LogP contribution in [0.15, 0.2) is 12.2 Å². The fourth-order valence-corrected chi connectivity index (χ4v) is 12.0. The van der Waals surface area contributed by atoms with E-state index in [1.807, 2.05) is 6.08 Å². The van der Waals surface area contributed by atoms with E-state index < -0.39 is 168 Å².